The van der Waals surface area contributed by atoms with E-state index >= 15 is 0 Å². The van der Waals surface area contributed by atoms with Gasteiger partial charge in [-0.2, -0.15) is 11.8 Å². The van der Waals surface area contributed by atoms with Crippen molar-refractivity contribution >= 4 is 11.8 Å². The van der Waals surface area contributed by atoms with Crippen molar-refractivity contribution in [1.82, 2.24) is 0 Å². The van der Waals surface area contributed by atoms with Crippen molar-refractivity contribution in [2.75, 3.05) is 31.8 Å². The van der Waals surface area contributed by atoms with Gasteiger partial charge in [-0.1, -0.05) is 0 Å². The lowest BCUT2D eigenvalue weighted by atomic mass is 10.4. The van der Waals surface area contributed by atoms with Gasteiger partial charge in [-0.3, -0.25) is 0 Å². The van der Waals surface area contributed by atoms with Crippen LogP contribution >= 0.6 is 11.8 Å². The van der Waals surface area contributed by atoms with Crippen LogP contribution < -0.4 is 0 Å². The molecule has 2 N–H and O–H groups in total. The van der Waals surface area contributed by atoms with E-state index in [0.29, 0.717) is 18.1 Å². The first-order valence-corrected chi connectivity index (χ1v) is 4.32. The predicted molar refractivity (Wildman–Crippen MR) is 42.3 cm³/mol. The quantitative estimate of drug-likeness (QED) is 0.533. The number of aliphatic hydroxyl groups is 2. The van der Waals surface area contributed by atoms with E-state index in [0.717, 1.165) is 0 Å². The minimum atomic E-state index is -0.401. The van der Waals surface area contributed by atoms with E-state index < -0.39 is 6.10 Å². The Morgan fingerprint density at radius 3 is 2.80 bits per heavy atom. The molecular formula is C6H14O3S. The zero-order valence-electron chi connectivity index (χ0n) is 6.12. The van der Waals surface area contributed by atoms with Gasteiger partial charge in [0.05, 0.1) is 19.3 Å². The maximum Gasteiger partial charge on any atom is 0.0863 e. The minimum Gasteiger partial charge on any atom is -0.396 e. The summed E-state index contributed by atoms with van der Waals surface area (Å²) < 4.78 is 4.71. The number of ether oxygens (including phenoxy) is 1. The maximum absolute atomic E-state index is 9.05. The molecule has 1 unspecified atom stereocenters. The lowest BCUT2D eigenvalue weighted by molar-refractivity contribution is 0.0794. The molecule has 0 saturated carbocycles. The molecule has 0 rings (SSSR count). The van der Waals surface area contributed by atoms with E-state index in [1.165, 1.54) is 11.8 Å². The second-order valence-electron chi connectivity index (χ2n) is 1.91. The molecule has 0 spiro atoms. The van der Waals surface area contributed by atoms with Crippen molar-refractivity contribution in [3.63, 3.8) is 0 Å². The highest BCUT2D eigenvalue weighted by Gasteiger charge is 2.01. The van der Waals surface area contributed by atoms with Crippen LogP contribution in [0.25, 0.3) is 0 Å². The summed E-state index contributed by atoms with van der Waals surface area (Å²) in [5.41, 5.74) is 0. The first-order chi connectivity index (χ1) is 4.81. The number of rotatable bonds is 6. The topological polar surface area (TPSA) is 49.7 Å². The fourth-order valence-corrected chi connectivity index (χ4v) is 1.19. The van der Waals surface area contributed by atoms with E-state index in [1.807, 2.05) is 0 Å². The summed E-state index contributed by atoms with van der Waals surface area (Å²) in [6, 6.07) is 0. The third-order valence-electron chi connectivity index (χ3n) is 0.905. The minimum absolute atomic E-state index is 0.171. The summed E-state index contributed by atoms with van der Waals surface area (Å²) in [4.78, 5) is 0. The van der Waals surface area contributed by atoms with Crippen molar-refractivity contribution < 1.29 is 14.9 Å². The monoisotopic (exact) mass is 166 g/mol. The van der Waals surface area contributed by atoms with E-state index in [4.69, 9.17) is 14.9 Å². The molecule has 1 atom stereocenters. The summed E-state index contributed by atoms with van der Waals surface area (Å²) in [5.74, 6) is 1.31. The highest BCUT2D eigenvalue weighted by atomic mass is 32.2. The Balaban J connectivity index is 2.97. The molecule has 0 aromatic carbocycles. The molecule has 0 aliphatic heterocycles. The average Bonchev–Trinajstić information content (AvgIpc) is 1.89. The van der Waals surface area contributed by atoms with Gasteiger partial charge >= 0.3 is 0 Å². The highest BCUT2D eigenvalue weighted by molar-refractivity contribution is 7.99. The van der Waals surface area contributed by atoms with Crippen molar-refractivity contribution in [2.45, 2.75) is 6.10 Å². The molecule has 10 heavy (non-hydrogen) atoms. The SMILES string of the molecule is COCC(O)CSCCO. The number of hydrogen-bond donors (Lipinski definition) is 2. The molecule has 4 heteroatoms. The van der Waals surface area contributed by atoms with E-state index in [2.05, 4.69) is 0 Å². The van der Waals surface area contributed by atoms with Gasteiger partial charge < -0.3 is 14.9 Å². The highest BCUT2D eigenvalue weighted by Crippen LogP contribution is 2.01. The van der Waals surface area contributed by atoms with Gasteiger partial charge in [0.1, 0.15) is 0 Å². The first-order valence-electron chi connectivity index (χ1n) is 3.17. The molecule has 62 valence electrons. The van der Waals surface area contributed by atoms with Crippen molar-refractivity contribution in [1.29, 1.82) is 0 Å². The van der Waals surface area contributed by atoms with Gasteiger partial charge in [0.15, 0.2) is 0 Å². The van der Waals surface area contributed by atoms with Gasteiger partial charge in [0.25, 0.3) is 0 Å². The van der Waals surface area contributed by atoms with Crippen LogP contribution in [0.2, 0.25) is 0 Å². The van der Waals surface area contributed by atoms with Gasteiger partial charge in [-0.25, -0.2) is 0 Å². The summed E-state index contributed by atoms with van der Waals surface area (Å²) in [5, 5.41) is 17.4. The van der Waals surface area contributed by atoms with Gasteiger partial charge in [-0.05, 0) is 0 Å². The second kappa shape index (κ2) is 7.34. The predicted octanol–water partition coefficient (Wildman–Crippen LogP) is -0.281. The van der Waals surface area contributed by atoms with Crippen molar-refractivity contribution in [2.24, 2.45) is 0 Å². The Bertz CT molecular complexity index is 70.0. The zero-order chi connectivity index (χ0) is 7.82. The van der Waals surface area contributed by atoms with Crippen LogP contribution in [0.1, 0.15) is 0 Å². The largest absolute Gasteiger partial charge is 0.396 e. The Hall–Kier alpha value is 0.230. The Morgan fingerprint density at radius 1 is 1.60 bits per heavy atom. The number of aliphatic hydroxyl groups excluding tert-OH is 2. The second-order valence-corrected chi connectivity index (χ2v) is 3.06. The van der Waals surface area contributed by atoms with Crippen LogP contribution in [0.5, 0.6) is 0 Å². The molecular weight excluding hydrogens is 152 g/mol. The zero-order valence-corrected chi connectivity index (χ0v) is 6.93. The standard InChI is InChI=1S/C6H14O3S/c1-9-4-6(8)5-10-3-2-7/h6-8H,2-5H2,1H3. The molecule has 0 aliphatic carbocycles. The van der Waals surface area contributed by atoms with Gasteiger partial charge in [-0.15, -0.1) is 0 Å². The van der Waals surface area contributed by atoms with Crippen molar-refractivity contribution in [3.8, 4) is 0 Å². The van der Waals surface area contributed by atoms with Crippen LogP contribution in [0, 0.1) is 0 Å². The third-order valence-corrected chi connectivity index (χ3v) is 2.00. The first kappa shape index (κ1) is 10.2. The molecule has 0 amide bonds. The fourth-order valence-electron chi connectivity index (χ4n) is 0.524. The average molecular weight is 166 g/mol. The van der Waals surface area contributed by atoms with Gasteiger partial charge in [0, 0.05) is 18.6 Å². The summed E-state index contributed by atoms with van der Waals surface area (Å²) in [6.45, 7) is 0.544. The van der Waals surface area contributed by atoms with E-state index in [1.54, 1.807) is 7.11 Å². The van der Waals surface area contributed by atoms with Crippen LogP contribution in [0.4, 0.5) is 0 Å². The molecule has 0 aromatic heterocycles. The van der Waals surface area contributed by atoms with Crippen LogP contribution in [0.3, 0.4) is 0 Å². The third kappa shape index (κ3) is 6.35. The summed E-state index contributed by atoms with van der Waals surface area (Å²) in [6.07, 6.45) is -0.401. The van der Waals surface area contributed by atoms with Crippen LogP contribution in [-0.2, 0) is 4.74 Å². The van der Waals surface area contributed by atoms with Crippen LogP contribution in [0.15, 0.2) is 0 Å². The summed E-state index contributed by atoms with van der Waals surface area (Å²) in [7, 11) is 1.56. The Labute approximate surface area is 65.4 Å². The lowest BCUT2D eigenvalue weighted by Gasteiger charge is -2.07. The molecule has 0 aliphatic rings. The molecule has 0 heterocycles. The van der Waals surface area contributed by atoms with E-state index in [9.17, 15) is 0 Å². The maximum atomic E-state index is 9.05. The molecule has 0 saturated heterocycles. The molecule has 0 aromatic rings. The molecule has 0 fully saturated rings. The Morgan fingerprint density at radius 2 is 2.30 bits per heavy atom. The number of hydrogen-bond acceptors (Lipinski definition) is 4. The smallest absolute Gasteiger partial charge is 0.0863 e. The molecule has 0 bridgehead atoms. The molecule has 3 nitrogen and oxygen atoms in total. The van der Waals surface area contributed by atoms with Crippen LogP contribution in [-0.4, -0.2) is 48.1 Å². The fraction of sp³-hybridized carbons (Fsp3) is 1.00. The molecule has 0 radical (unpaired) electrons. The van der Waals surface area contributed by atoms with Gasteiger partial charge in [0.2, 0.25) is 0 Å². The number of thioether (sulfide) groups is 1. The Kier molecular flexibility index (Phi) is 7.51. The van der Waals surface area contributed by atoms with Crippen molar-refractivity contribution in [3.05, 3.63) is 0 Å². The normalized spacial score (nSPS) is 13.5. The lowest BCUT2D eigenvalue weighted by Crippen LogP contribution is -2.17. The number of methoxy groups -OCH3 is 1. The van der Waals surface area contributed by atoms with E-state index in [-0.39, 0.29) is 6.61 Å². The summed E-state index contributed by atoms with van der Waals surface area (Å²) >= 11 is 1.52.